The Balaban J connectivity index is 3.48. The van der Waals surface area contributed by atoms with E-state index in [1.165, 1.54) is 0 Å². The lowest BCUT2D eigenvalue weighted by Gasteiger charge is -2.07. The maximum atomic E-state index is 12.3. The number of halogens is 4. The van der Waals surface area contributed by atoms with Gasteiger partial charge in [-0.25, -0.2) is 17.2 Å². The van der Waals surface area contributed by atoms with Crippen molar-refractivity contribution in [3.05, 3.63) is 16.4 Å². The summed E-state index contributed by atoms with van der Waals surface area (Å²) >= 11 is 2.73. The summed E-state index contributed by atoms with van der Waals surface area (Å²) in [4.78, 5) is 2.76. The zero-order valence-electron chi connectivity index (χ0n) is 6.92. The van der Waals surface area contributed by atoms with Gasteiger partial charge in [0, 0.05) is 16.9 Å². The lowest BCUT2D eigenvalue weighted by molar-refractivity contribution is 0.145. The molecule has 0 aliphatic carbocycles. The summed E-state index contributed by atoms with van der Waals surface area (Å²) in [5.74, 6) is 0. The number of alkyl halides is 2. The molecular formula is C6H4BrClF2N2O2S. The lowest BCUT2D eigenvalue weighted by Crippen LogP contribution is -2.04. The molecule has 1 aromatic rings. The van der Waals surface area contributed by atoms with Crippen molar-refractivity contribution in [2.75, 3.05) is 5.73 Å². The van der Waals surface area contributed by atoms with Gasteiger partial charge in [0.25, 0.3) is 15.5 Å². The van der Waals surface area contributed by atoms with Crippen molar-refractivity contribution in [3.63, 3.8) is 0 Å². The average Bonchev–Trinajstić information content (AvgIpc) is 2.06. The zero-order valence-corrected chi connectivity index (χ0v) is 10.1. The highest BCUT2D eigenvalue weighted by molar-refractivity contribution is 9.10. The molecule has 0 saturated heterocycles. The summed E-state index contributed by atoms with van der Waals surface area (Å²) in [6.45, 7) is 0. The molecule has 0 atom stereocenters. The van der Waals surface area contributed by atoms with Gasteiger partial charge in [-0.3, -0.25) is 4.98 Å². The predicted octanol–water partition coefficient (Wildman–Crippen LogP) is 2.29. The predicted molar refractivity (Wildman–Crippen MR) is 54.3 cm³/mol. The smallest absolute Gasteiger partial charge is 0.281 e. The second-order valence-electron chi connectivity index (χ2n) is 2.47. The van der Waals surface area contributed by atoms with Gasteiger partial charge < -0.3 is 5.73 Å². The standard InChI is InChI=1S/C6H4BrClF2N2O2S/c7-3-4(11)2(15(8,13)14)1-12-5(3)6(9)10/h1,6H,(H2,11,12). The van der Waals surface area contributed by atoms with Crippen molar-refractivity contribution in [1.29, 1.82) is 0 Å². The van der Waals surface area contributed by atoms with Crippen molar-refractivity contribution in [2.45, 2.75) is 11.3 Å². The Kier molecular flexibility index (Phi) is 3.51. The molecule has 1 heterocycles. The van der Waals surface area contributed by atoms with Gasteiger partial charge in [-0.2, -0.15) is 0 Å². The fourth-order valence-electron chi connectivity index (χ4n) is 0.847. The number of hydrogen-bond acceptors (Lipinski definition) is 4. The van der Waals surface area contributed by atoms with Gasteiger partial charge in [-0.15, -0.1) is 0 Å². The number of nitrogens with two attached hydrogens (primary N) is 1. The summed E-state index contributed by atoms with van der Waals surface area (Å²) in [6, 6.07) is 0. The third kappa shape index (κ3) is 2.56. The van der Waals surface area contributed by atoms with Crippen LogP contribution in [0.15, 0.2) is 15.6 Å². The molecule has 0 fully saturated rings. The number of rotatable bonds is 2. The minimum Gasteiger partial charge on any atom is -0.397 e. The highest BCUT2D eigenvalue weighted by Crippen LogP contribution is 2.34. The number of aromatic nitrogens is 1. The molecule has 1 rings (SSSR count). The van der Waals surface area contributed by atoms with Crippen LogP contribution in [0.1, 0.15) is 12.1 Å². The first kappa shape index (κ1) is 12.6. The first-order valence-electron chi connectivity index (χ1n) is 3.42. The van der Waals surface area contributed by atoms with Crippen LogP contribution in [0.2, 0.25) is 0 Å². The molecule has 84 valence electrons. The normalized spacial score (nSPS) is 12.1. The highest BCUT2D eigenvalue weighted by atomic mass is 79.9. The molecular weight excluding hydrogens is 317 g/mol. The van der Waals surface area contributed by atoms with Gasteiger partial charge in [-0.1, -0.05) is 0 Å². The van der Waals surface area contributed by atoms with Gasteiger partial charge >= 0.3 is 0 Å². The molecule has 0 aliphatic heterocycles. The van der Waals surface area contributed by atoms with E-state index in [0.717, 1.165) is 0 Å². The SMILES string of the molecule is Nc1c(S(=O)(=O)Cl)cnc(C(F)F)c1Br. The molecule has 0 saturated carbocycles. The molecule has 1 aromatic heterocycles. The highest BCUT2D eigenvalue weighted by Gasteiger charge is 2.22. The van der Waals surface area contributed by atoms with Crippen molar-refractivity contribution in [1.82, 2.24) is 4.98 Å². The fraction of sp³-hybridized carbons (Fsp3) is 0.167. The van der Waals surface area contributed by atoms with Crippen LogP contribution >= 0.6 is 26.6 Å². The van der Waals surface area contributed by atoms with Gasteiger partial charge in [0.05, 0.1) is 10.2 Å². The van der Waals surface area contributed by atoms with Gasteiger partial charge in [-0.05, 0) is 15.9 Å². The monoisotopic (exact) mass is 320 g/mol. The largest absolute Gasteiger partial charge is 0.397 e. The minimum atomic E-state index is -4.09. The summed E-state index contributed by atoms with van der Waals surface area (Å²) < 4.78 is 46.2. The molecule has 0 aromatic carbocycles. The number of anilines is 1. The molecule has 0 bridgehead atoms. The van der Waals surface area contributed by atoms with E-state index in [1.807, 2.05) is 0 Å². The van der Waals surface area contributed by atoms with E-state index >= 15 is 0 Å². The molecule has 15 heavy (non-hydrogen) atoms. The topological polar surface area (TPSA) is 73.1 Å². The molecule has 4 nitrogen and oxygen atoms in total. The van der Waals surface area contributed by atoms with Crippen LogP contribution < -0.4 is 5.73 Å². The molecule has 0 amide bonds. The molecule has 0 radical (unpaired) electrons. The van der Waals surface area contributed by atoms with E-state index < -0.39 is 26.1 Å². The Morgan fingerprint density at radius 3 is 2.47 bits per heavy atom. The Morgan fingerprint density at radius 1 is 1.53 bits per heavy atom. The minimum absolute atomic E-state index is 0.265. The van der Waals surface area contributed by atoms with Crippen LogP contribution in [0.4, 0.5) is 14.5 Å². The summed E-state index contributed by atoms with van der Waals surface area (Å²) in [5.41, 5.74) is 4.32. The molecule has 0 unspecified atom stereocenters. The van der Waals surface area contributed by atoms with Crippen LogP contribution in [0, 0.1) is 0 Å². The van der Waals surface area contributed by atoms with E-state index in [4.69, 9.17) is 16.4 Å². The molecule has 0 aliphatic rings. The van der Waals surface area contributed by atoms with Gasteiger partial charge in [0.15, 0.2) is 0 Å². The Bertz CT molecular complexity index is 494. The maximum Gasteiger partial charge on any atom is 0.281 e. The molecule has 2 N–H and O–H groups in total. The number of hydrogen-bond donors (Lipinski definition) is 1. The van der Waals surface area contributed by atoms with E-state index in [0.29, 0.717) is 6.20 Å². The summed E-state index contributed by atoms with van der Waals surface area (Å²) in [7, 11) is 0.923. The second kappa shape index (κ2) is 4.18. The fourth-order valence-corrected chi connectivity index (χ4v) is 2.38. The Labute approximate surface area is 97.0 Å². The number of nitrogen functional groups attached to an aromatic ring is 1. The third-order valence-electron chi connectivity index (χ3n) is 1.52. The van der Waals surface area contributed by atoms with Crippen molar-refractivity contribution < 1.29 is 17.2 Å². The average molecular weight is 322 g/mol. The maximum absolute atomic E-state index is 12.3. The van der Waals surface area contributed by atoms with E-state index in [-0.39, 0.29) is 10.2 Å². The van der Waals surface area contributed by atoms with E-state index in [1.54, 1.807) is 0 Å². The van der Waals surface area contributed by atoms with E-state index in [2.05, 4.69) is 20.9 Å². The van der Waals surface area contributed by atoms with Gasteiger partial charge in [0.1, 0.15) is 10.6 Å². The van der Waals surface area contributed by atoms with Crippen molar-refractivity contribution >= 4 is 41.4 Å². The van der Waals surface area contributed by atoms with Crippen molar-refractivity contribution in [3.8, 4) is 0 Å². The van der Waals surface area contributed by atoms with Gasteiger partial charge in [0.2, 0.25) is 0 Å². The zero-order chi connectivity index (χ0) is 11.8. The van der Waals surface area contributed by atoms with Crippen LogP contribution in [0.25, 0.3) is 0 Å². The van der Waals surface area contributed by atoms with Crippen LogP contribution in [0.5, 0.6) is 0 Å². The third-order valence-corrected chi connectivity index (χ3v) is 3.70. The second-order valence-corrected chi connectivity index (χ2v) is 5.80. The van der Waals surface area contributed by atoms with Crippen molar-refractivity contribution in [2.24, 2.45) is 0 Å². The van der Waals surface area contributed by atoms with Crippen LogP contribution in [-0.4, -0.2) is 13.4 Å². The molecule has 9 heteroatoms. The first-order valence-corrected chi connectivity index (χ1v) is 6.52. The lowest BCUT2D eigenvalue weighted by atomic mass is 10.3. The number of pyridine rings is 1. The molecule has 0 spiro atoms. The Hall–Kier alpha value is -0.470. The van der Waals surface area contributed by atoms with Crippen LogP contribution in [-0.2, 0) is 9.05 Å². The van der Waals surface area contributed by atoms with Crippen LogP contribution in [0.3, 0.4) is 0 Å². The summed E-state index contributed by atoms with van der Waals surface area (Å²) in [6.07, 6.45) is -2.15. The quantitative estimate of drug-likeness (QED) is 0.848. The first-order chi connectivity index (χ1) is 6.75. The summed E-state index contributed by atoms with van der Waals surface area (Å²) in [5, 5.41) is 0. The Morgan fingerprint density at radius 2 is 2.07 bits per heavy atom. The van der Waals surface area contributed by atoms with E-state index in [9.17, 15) is 17.2 Å². The number of nitrogens with zero attached hydrogens (tertiary/aromatic N) is 1.